The van der Waals surface area contributed by atoms with Crippen LogP contribution in [0.1, 0.15) is 56.5 Å². The number of hydroxylamine groups is 2. The lowest BCUT2D eigenvalue weighted by molar-refractivity contribution is -0.183. The maximum absolute atomic E-state index is 14.0. The number of aliphatic hydroxyl groups excluding tert-OH is 2. The molecule has 4 N–H and O–H groups in total. The molecule has 2 aromatic carbocycles. The largest absolute Gasteiger partial charge is 0.394 e. The molecule has 2 amide bonds. The second-order valence-corrected chi connectivity index (χ2v) is 14.1. The molecule has 2 unspecified atom stereocenters. The second kappa shape index (κ2) is 13.3. The third-order valence-electron chi connectivity index (χ3n) is 10.6. The molecule has 44 heavy (non-hydrogen) atoms. The Morgan fingerprint density at radius 1 is 1.11 bits per heavy atom. The number of hydrogen-bond acceptors (Lipinski definition) is 7. The van der Waals surface area contributed by atoms with E-state index in [0.717, 1.165) is 29.7 Å². The minimum Gasteiger partial charge on any atom is -0.394 e. The Hall–Kier alpha value is -2.82. The molecule has 6 rings (SSSR count). The van der Waals surface area contributed by atoms with Crippen molar-refractivity contribution in [3.63, 3.8) is 0 Å². The number of fused-ring (bicyclic) bond motifs is 2. The van der Waals surface area contributed by atoms with Crippen molar-refractivity contribution in [2.24, 2.45) is 29.1 Å². The van der Waals surface area contributed by atoms with Gasteiger partial charge in [-0.15, -0.1) is 0 Å². The Balaban J connectivity index is 1.32. The quantitative estimate of drug-likeness (QED) is 0.310. The molecule has 4 fully saturated rings. The van der Waals surface area contributed by atoms with E-state index in [-0.39, 0.29) is 24.5 Å². The number of rotatable bonds is 11. The van der Waals surface area contributed by atoms with E-state index in [1.54, 1.807) is 12.0 Å². The summed E-state index contributed by atoms with van der Waals surface area (Å²) < 4.78 is 0. The van der Waals surface area contributed by atoms with Crippen LogP contribution in [0.3, 0.4) is 0 Å². The molecule has 0 aromatic heterocycles. The summed E-state index contributed by atoms with van der Waals surface area (Å²) in [6, 6.07) is 14.8. The lowest BCUT2D eigenvalue weighted by Gasteiger charge is -2.62. The van der Waals surface area contributed by atoms with Gasteiger partial charge in [-0.05, 0) is 91.9 Å². The Morgan fingerprint density at radius 3 is 2.45 bits per heavy atom. The van der Waals surface area contributed by atoms with Crippen molar-refractivity contribution in [1.29, 1.82) is 0 Å². The smallest absolute Gasteiger partial charge is 0.251 e. The van der Waals surface area contributed by atoms with E-state index in [0.29, 0.717) is 41.8 Å². The fourth-order valence-corrected chi connectivity index (χ4v) is 7.85. The first-order valence-electron chi connectivity index (χ1n) is 16.1. The van der Waals surface area contributed by atoms with Crippen molar-refractivity contribution in [2.75, 3.05) is 33.8 Å². The Labute approximate surface area is 261 Å². The number of carbonyl (C=O) groups excluding carboxylic acids is 2. The first-order chi connectivity index (χ1) is 20.9. The van der Waals surface area contributed by atoms with Crippen LogP contribution in [-0.4, -0.2) is 90.1 Å². The van der Waals surface area contributed by atoms with Gasteiger partial charge in [0.15, 0.2) is 0 Å². The van der Waals surface area contributed by atoms with Gasteiger partial charge < -0.3 is 25.7 Å². The van der Waals surface area contributed by atoms with E-state index < -0.39 is 24.2 Å². The van der Waals surface area contributed by atoms with Crippen LogP contribution < -0.4 is 10.6 Å². The predicted molar refractivity (Wildman–Crippen MR) is 170 cm³/mol. The normalized spacial score (nSPS) is 30.1. The summed E-state index contributed by atoms with van der Waals surface area (Å²) in [5.74, 6) is 0.716. The molecule has 2 bridgehead atoms. The van der Waals surface area contributed by atoms with Crippen molar-refractivity contribution in [1.82, 2.24) is 20.6 Å². The molecular formula is C35H50N4O5. The van der Waals surface area contributed by atoms with Gasteiger partial charge in [0, 0.05) is 30.6 Å². The highest BCUT2D eigenvalue weighted by atomic mass is 16.7. The first kappa shape index (κ1) is 32.6. The van der Waals surface area contributed by atoms with Crippen LogP contribution in [0.25, 0.3) is 11.1 Å². The molecule has 0 spiro atoms. The van der Waals surface area contributed by atoms with Crippen molar-refractivity contribution in [2.45, 2.75) is 71.4 Å². The Bertz CT molecular complexity index is 1330. The van der Waals surface area contributed by atoms with Crippen molar-refractivity contribution in [3.05, 3.63) is 59.7 Å². The van der Waals surface area contributed by atoms with Gasteiger partial charge in [0.05, 0.1) is 19.3 Å². The summed E-state index contributed by atoms with van der Waals surface area (Å²) in [5, 5.41) is 28.8. The zero-order valence-corrected chi connectivity index (χ0v) is 27.0. The SMILES string of the molecule is C[C@H](O)[C@@H]1[C@H](CO)ON(Cc2cccc(-c3cccc(C(=O)NCCN(C)C)c3)c2)[C@@H]1C(=O)N[C@H]1CC2CC([C@H]1C)C2(C)C. The monoisotopic (exact) mass is 606 g/mol. The molecular weight excluding hydrogens is 556 g/mol. The van der Waals surface area contributed by atoms with Gasteiger partial charge >= 0.3 is 0 Å². The van der Waals surface area contributed by atoms with Gasteiger partial charge in [-0.25, -0.2) is 0 Å². The van der Waals surface area contributed by atoms with E-state index in [4.69, 9.17) is 4.84 Å². The maximum atomic E-state index is 14.0. The standard InChI is InChI=1S/C35H50N4O5/c1-21-28-17-27(35(28,3)4)18-29(21)37-34(43)32-31(22(2)41)30(20-40)44-39(32)19-23-9-7-10-24(15-23)25-11-8-12-26(16-25)33(42)36-13-14-38(5)6/h7-12,15-16,21-22,27-32,40-41H,13-14,17-20H2,1-6H3,(H,36,42)(H,37,43)/t21-,22+,27?,28?,29+,30+,31-,32+/m1/s1. The van der Waals surface area contributed by atoms with Crippen molar-refractivity contribution in [3.8, 4) is 11.1 Å². The van der Waals surface area contributed by atoms with Crippen molar-refractivity contribution >= 4 is 11.8 Å². The summed E-state index contributed by atoms with van der Waals surface area (Å²) in [6.07, 6.45) is 0.652. The Morgan fingerprint density at radius 2 is 1.82 bits per heavy atom. The molecule has 3 saturated carbocycles. The van der Waals surface area contributed by atoms with Crippen LogP contribution in [0.2, 0.25) is 0 Å². The molecule has 2 aromatic rings. The molecule has 0 radical (unpaired) electrons. The number of likely N-dealkylation sites (N-methyl/N-ethyl adjacent to an activating group) is 1. The van der Waals surface area contributed by atoms with Gasteiger partial charge in [-0.3, -0.25) is 14.4 Å². The zero-order valence-electron chi connectivity index (χ0n) is 27.0. The summed E-state index contributed by atoms with van der Waals surface area (Å²) in [4.78, 5) is 34.9. The van der Waals surface area contributed by atoms with Crippen molar-refractivity contribution < 1.29 is 24.6 Å². The van der Waals surface area contributed by atoms with Gasteiger partial charge in [0.25, 0.3) is 5.91 Å². The van der Waals surface area contributed by atoms with Crippen LogP contribution >= 0.6 is 0 Å². The van der Waals surface area contributed by atoms with Crippen LogP contribution in [0.5, 0.6) is 0 Å². The second-order valence-electron chi connectivity index (χ2n) is 14.1. The average Bonchev–Trinajstić information content (AvgIpc) is 3.36. The first-order valence-corrected chi connectivity index (χ1v) is 16.1. The molecule has 4 aliphatic rings. The van der Waals surface area contributed by atoms with Gasteiger partial charge in [0.1, 0.15) is 12.1 Å². The molecule has 9 heteroatoms. The number of hydrogen-bond donors (Lipinski definition) is 4. The highest BCUT2D eigenvalue weighted by molar-refractivity contribution is 5.95. The molecule has 9 nitrogen and oxygen atoms in total. The molecule has 1 saturated heterocycles. The van der Waals surface area contributed by atoms with Crippen LogP contribution in [0.4, 0.5) is 0 Å². The number of carbonyl (C=O) groups is 2. The van der Waals surface area contributed by atoms with E-state index in [2.05, 4.69) is 31.4 Å². The van der Waals surface area contributed by atoms with Crippen LogP contribution in [-0.2, 0) is 16.2 Å². The number of nitrogens with one attached hydrogen (secondary N) is 2. The third-order valence-corrected chi connectivity index (χ3v) is 10.6. The van der Waals surface area contributed by atoms with E-state index in [9.17, 15) is 19.8 Å². The molecule has 8 atom stereocenters. The van der Waals surface area contributed by atoms with Gasteiger partial charge in [-0.1, -0.05) is 51.1 Å². The maximum Gasteiger partial charge on any atom is 0.251 e. The summed E-state index contributed by atoms with van der Waals surface area (Å²) >= 11 is 0. The van der Waals surface area contributed by atoms with E-state index >= 15 is 0 Å². The summed E-state index contributed by atoms with van der Waals surface area (Å²) in [7, 11) is 3.94. The zero-order chi connectivity index (χ0) is 31.8. The molecule has 1 aliphatic heterocycles. The van der Waals surface area contributed by atoms with Gasteiger partial charge in [0.2, 0.25) is 5.91 Å². The average molecular weight is 607 g/mol. The molecule has 3 aliphatic carbocycles. The minimum atomic E-state index is -0.845. The highest BCUT2D eigenvalue weighted by Crippen LogP contribution is 2.61. The molecule has 240 valence electrons. The fourth-order valence-electron chi connectivity index (χ4n) is 7.85. The molecule has 1 heterocycles. The van der Waals surface area contributed by atoms with Crippen LogP contribution in [0, 0.1) is 29.1 Å². The Kier molecular flexibility index (Phi) is 9.82. The lowest BCUT2D eigenvalue weighted by atomic mass is 9.45. The number of benzene rings is 2. The topological polar surface area (TPSA) is 114 Å². The summed E-state index contributed by atoms with van der Waals surface area (Å²) in [5.41, 5.74) is 3.67. The van der Waals surface area contributed by atoms with E-state index in [1.807, 2.05) is 67.5 Å². The fraction of sp³-hybridized carbons (Fsp3) is 0.600. The number of aliphatic hydroxyl groups is 2. The number of nitrogens with zero attached hydrogens (tertiary/aromatic N) is 2. The highest BCUT2D eigenvalue weighted by Gasteiger charge is 2.57. The minimum absolute atomic E-state index is 0.0830. The predicted octanol–water partition coefficient (Wildman–Crippen LogP) is 3.31. The van der Waals surface area contributed by atoms with Gasteiger partial charge in [-0.2, -0.15) is 5.06 Å². The van der Waals surface area contributed by atoms with E-state index in [1.165, 1.54) is 6.42 Å². The lowest BCUT2D eigenvalue weighted by Crippen LogP contribution is -2.62. The summed E-state index contributed by atoms with van der Waals surface area (Å²) in [6.45, 7) is 9.92. The third kappa shape index (κ3) is 6.58. The number of amides is 2. The van der Waals surface area contributed by atoms with Crippen LogP contribution in [0.15, 0.2) is 48.5 Å².